The van der Waals surface area contributed by atoms with Gasteiger partial charge in [0.25, 0.3) is 0 Å². The van der Waals surface area contributed by atoms with Crippen LogP contribution in [0.4, 0.5) is 5.69 Å². The van der Waals surface area contributed by atoms with Gasteiger partial charge in [0.1, 0.15) is 11.8 Å². The summed E-state index contributed by atoms with van der Waals surface area (Å²) in [5.41, 5.74) is 8.64. The summed E-state index contributed by atoms with van der Waals surface area (Å²) in [6.45, 7) is 6.08. The highest BCUT2D eigenvalue weighted by molar-refractivity contribution is 6.31. The van der Waals surface area contributed by atoms with Crippen LogP contribution in [0.5, 0.6) is 11.5 Å². The summed E-state index contributed by atoms with van der Waals surface area (Å²) < 4.78 is 5.89. The molecule has 0 aromatic heterocycles. The first-order chi connectivity index (χ1) is 9.93. The van der Waals surface area contributed by atoms with E-state index in [4.69, 9.17) is 27.3 Å². The predicted octanol–water partition coefficient (Wildman–Crippen LogP) is 5.02. The fourth-order valence-electron chi connectivity index (χ4n) is 2.07. The Kier molecular flexibility index (Phi) is 4.40. The smallest absolute Gasteiger partial charge is 0.151 e. The van der Waals surface area contributed by atoms with Crippen molar-refractivity contribution in [3.63, 3.8) is 0 Å². The molecule has 2 rings (SSSR count). The average molecular weight is 301 g/mol. The van der Waals surface area contributed by atoms with Gasteiger partial charge < -0.3 is 10.5 Å². The Morgan fingerprint density at radius 2 is 1.95 bits per heavy atom. The number of rotatable bonds is 3. The number of benzene rings is 2. The third-order valence-electron chi connectivity index (χ3n) is 3.32. The summed E-state index contributed by atoms with van der Waals surface area (Å²) in [4.78, 5) is 0. The fourth-order valence-corrected chi connectivity index (χ4v) is 2.51. The molecule has 0 amide bonds. The van der Waals surface area contributed by atoms with Crippen molar-refractivity contribution < 1.29 is 4.74 Å². The van der Waals surface area contributed by atoms with Crippen molar-refractivity contribution in [2.24, 2.45) is 0 Å². The van der Waals surface area contributed by atoms with Gasteiger partial charge in [-0.1, -0.05) is 31.5 Å². The van der Waals surface area contributed by atoms with Crippen LogP contribution in [0.2, 0.25) is 5.02 Å². The fraction of sp³-hybridized carbons (Fsp3) is 0.235. The molecular weight excluding hydrogens is 284 g/mol. The first kappa shape index (κ1) is 15.2. The van der Waals surface area contributed by atoms with Crippen LogP contribution in [-0.2, 0) is 0 Å². The zero-order chi connectivity index (χ0) is 15.6. The van der Waals surface area contributed by atoms with Crippen molar-refractivity contribution in [3.05, 3.63) is 52.0 Å². The van der Waals surface area contributed by atoms with Gasteiger partial charge in [0.05, 0.1) is 11.3 Å². The standard InChI is InChI=1S/C17H17ClN2O/c1-10(2)13-8-16(11(3)7-14(13)18)21-15-6-4-5-12(9-19)17(15)20/h4-8,10H,20H2,1-3H3. The molecule has 0 aliphatic heterocycles. The van der Waals surface area contributed by atoms with Gasteiger partial charge in [-0.25, -0.2) is 0 Å². The number of nitriles is 1. The van der Waals surface area contributed by atoms with Gasteiger partial charge in [-0.05, 0) is 48.2 Å². The number of nitrogens with zero attached hydrogens (tertiary/aromatic N) is 1. The van der Waals surface area contributed by atoms with Crippen LogP contribution in [0.1, 0.15) is 36.5 Å². The molecule has 0 radical (unpaired) electrons. The van der Waals surface area contributed by atoms with E-state index in [0.717, 1.165) is 16.1 Å². The van der Waals surface area contributed by atoms with E-state index in [0.29, 0.717) is 28.7 Å². The van der Waals surface area contributed by atoms with Crippen LogP contribution < -0.4 is 10.5 Å². The Balaban J connectivity index is 2.45. The molecule has 2 aromatic rings. The predicted molar refractivity (Wildman–Crippen MR) is 85.9 cm³/mol. The lowest BCUT2D eigenvalue weighted by atomic mass is 10.0. The van der Waals surface area contributed by atoms with Crippen molar-refractivity contribution in [1.82, 2.24) is 0 Å². The van der Waals surface area contributed by atoms with Crippen molar-refractivity contribution >= 4 is 17.3 Å². The summed E-state index contributed by atoms with van der Waals surface area (Å²) in [6.07, 6.45) is 0. The molecule has 4 heteroatoms. The molecule has 2 aromatic carbocycles. The van der Waals surface area contributed by atoms with Gasteiger partial charge in [0.15, 0.2) is 5.75 Å². The van der Waals surface area contributed by atoms with E-state index < -0.39 is 0 Å². The lowest BCUT2D eigenvalue weighted by Crippen LogP contribution is -1.98. The normalized spacial score (nSPS) is 10.5. The van der Waals surface area contributed by atoms with E-state index in [1.54, 1.807) is 18.2 Å². The molecule has 0 unspecified atom stereocenters. The second-order valence-electron chi connectivity index (χ2n) is 5.23. The molecule has 0 atom stereocenters. The van der Waals surface area contributed by atoms with Gasteiger partial charge in [0.2, 0.25) is 0 Å². The number of anilines is 1. The Morgan fingerprint density at radius 1 is 1.24 bits per heavy atom. The molecule has 108 valence electrons. The summed E-state index contributed by atoms with van der Waals surface area (Å²) in [7, 11) is 0. The van der Waals surface area contributed by atoms with Crippen LogP contribution in [-0.4, -0.2) is 0 Å². The molecule has 0 fully saturated rings. The number of nitrogen functional groups attached to an aromatic ring is 1. The summed E-state index contributed by atoms with van der Waals surface area (Å²) >= 11 is 6.26. The lowest BCUT2D eigenvalue weighted by Gasteiger charge is -2.15. The molecule has 0 aliphatic carbocycles. The SMILES string of the molecule is Cc1cc(Cl)c(C(C)C)cc1Oc1cccc(C#N)c1N. The van der Waals surface area contributed by atoms with E-state index in [2.05, 4.69) is 13.8 Å². The highest BCUT2D eigenvalue weighted by atomic mass is 35.5. The molecule has 0 saturated heterocycles. The average Bonchev–Trinajstić information content (AvgIpc) is 2.43. The third-order valence-corrected chi connectivity index (χ3v) is 3.65. The Morgan fingerprint density at radius 3 is 2.57 bits per heavy atom. The minimum atomic E-state index is 0.295. The van der Waals surface area contributed by atoms with Crippen LogP contribution >= 0.6 is 11.6 Å². The summed E-state index contributed by atoms with van der Waals surface area (Å²) in [5.74, 6) is 1.47. The first-order valence-corrected chi connectivity index (χ1v) is 7.08. The van der Waals surface area contributed by atoms with Crippen LogP contribution in [0.15, 0.2) is 30.3 Å². The number of halogens is 1. The van der Waals surface area contributed by atoms with Gasteiger partial charge in [-0.15, -0.1) is 0 Å². The number of para-hydroxylation sites is 1. The van der Waals surface area contributed by atoms with Crippen molar-refractivity contribution in [1.29, 1.82) is 5.26 Å². The second kappa shape index (κ2) is 6.07. The number of nitrogens with two attached hydrogens (primary N) is 1. The maximum absolute atomic E-state index is 9.01. The van der Waals surface area contributed by atoms with E-state index >= 15 is 0 Å². The van der Waals surface area contributed by atoms with Crippen LogP contribution in [0.3, 0.4) is 0 Å². The molecule has 0 aliphatic rings. The highest BCUT2D eigenvalue weighted by Gasteiger charge is 2.13. The van der Waals surface area contributed by atoms with Crippen molar-refractivity contribution in [3.8, 4) is 17.6 Å². The number of hydrogen-bond acceptors (Lipinski definition) is 3. The zero-order valence-electron chi connectivity index (χ0n) is 12.3. The molecule has 0 saturated carbocycles. The van der Waals surface area contributed by atoms with E-state index in [1.807, 2.05) is 25.1 Å². The largest absolute Gasteiger partial charge is 0.455 e. The van der Waals surface area contributed by atoms with Gasteiger partial charge in [-0.2, -0.15) is 5.26 Å². The second-order valence-corrected chi connectivity index (χ2v) is 5.63. The monoisotopic (exact) mass is 300 g/mol. The maximum Gasteiger partial charge on any atom is 0.151 e. The summed E-state index contributed by atoms with van der Waals surface area (Å²) in [6, 6.07) is 11.0. The topological polar surface area (TPSA) is 59.0 Å². The molecule has 0 heterocycles. The number of hydrogen-bond donors (Lipinski definition) is 1. The lowest BCUT2D eigenvalue weighted by molar-refractivity contribution is 0.480. The Bertz CT molecular complexity index is 717. The van der Waals surface area contributed by atoms with Gasteiger partial charge >= 0.3 is 0 Å². The summed E-state index contributed by atoms with van der Waals surface area (Å²) in [5, 5.41) is 9.74. The van der Waals surface area contributed by atoms with Crippen LogP contribution in [0.25, 0.3) is 0 Å². The van der Waals surface area contributed by atoms with E-state index in [1.165, 1.54) is 0 Å². The van der Waals surface area contributed by atoms with E-state index in [-0.39, 0.29) is 0 Å². The third kappa shape index (κ3) is 3.12. The van der Waals surface area contributed by atoms with Gasteiger partial charge in [0, 0.05) is 5.02 Å². The van der Waals surface area contributed by atoms with Crippen LogP contribution in [0, 0.1) is 18.3 Å². The molecule has 3 nitrogen and oxygen atoms in total. The molecular formula is C17H17ClN2O. The van der Waals surface area contributed by atoms with Crippen molar-refractivity contribution in [2.75, 3.05) is 5.73 Å². The zero-order valence-corrected chi connectivity index (χ0v) is 13.0. The molecule has 2 N–H and O–H groups in total. The van der Waals surface area contributed by atoms with Crippen molar-refractivity contribution in [2.45, 2.75) is 26.7 Å². The molecule has 0 spiro atoms. The minimum Gasteiger partial charge on any atom is -0.455 e. The Hall–Kier alpha value is -2.18. The number of ether oxygens (including phenoxy) is 1. The highest BCUT2D eigenvalue weighted by Crippen LogP contribution is 2.36. The van der Waals surface area contributed by atoms with E-state index in [9.17, 15) is 0 Å². The maximum atomic E-state index is 9.01. The molecule has 21 heavy (non-hydrogen) atoms. The quantitative estimate of drug-likeness (QED) is 0.810. The number of aryl methyl sites for hydroxylation is 1. The Labute approximate surface area is 129 Å². The molecule has 0 bridgehead atoms. The minimum absolute atomic E-state index is 0.295. The first-order valence-electron chi connectivity index (χ1n) is 6.70. The van der Waals surface area contributed by atoms with Gasteiger partial charge in [-0.3, -0.25) is 0 Å².